The van der Waals surface area contributed by atoms with Gasteiger partial charge < -0.3 is 5.32 Å². The molecule has 0 spiro atoms. The Kier molecular flexibility index (Phi) is 2.89. The van der Waals surface area contributed by atoms with Gasteiger partial charge in [-0.1, -0.05) is 11.6 Å². The van der Waals surface area contributed by atoms with Gasteiger partial charge in [-0.3, -0.25) is 14.9 Å². The molecule has 19 heavy (non-hydrogen) atoms. The third-order valence-electron chi connectivity index (χ3n) is 2.72. The van der Waals surface area contributed by atoms with Gasteiger partial charge in [0.2, 0.25) is 0 Å². The summed E-state index contributed by atoms with van der Waals surface area (Å²) in [6, 6.07) is 7.07. The molecule has 0 aliphatic carbocycles. The van der Waals surface area contributed by atoms with Crippen molar-refractivity contribution in [2.24, 2.45) is 0 Å². The number of aromatic amines is 1. The first-order valence-corrected chi connectivity index (χ1v) is 5.96. The highest BCUT2D eigenvalue weighted by molar-refractivity contribution is 6.34. The van der Waals surface area contributed by atoms with E-state index >= 15 is 0 Å². The monoisotopic (exact) mass is 272 g/mol. The maximum Gasteiger partial charge on any atom is 0.257 e. The summed E-state index contributed by atoms with van der Waals surface area (Å²) >= 11 is 5.92. The number of carbonyl (C=O) groups excluding carboxylic acids is 1. The number of fused-ring (bicyclic) bond motifs is 1. The molecule has 3 rings (SSSR count). The Hall–Kier alpha value is -2.40. The van der Waals surface area contributed by atoms with Crippen LogP contribution in [-0.4, -0.2) is 21.1 Å². The fraction of sp³-hybridized carbons (Fsp3) is 0. The first-order valence-electron chi connectivity index (χ1n) is 5.58. The third kappa shape index (κ3) is 2.28. The molecule has 2 aromatic heterocycles. The Morgan fingerprint density at radius 1 is 1.26 bits per heavy atom. The quantitative estimate of drug-likeness (QED) is 0.753. The van der Waals surface area contributed by atoms with Crippen LogP contribution >= 0.6 is 11.6 Å². The number of benzene rings is 1. The molecule has 0 aliphatic heterocycles. The van der Waals surface area contributed by atoms with Crippen molar-refractivity contribution in [2.75, 3.05) is 5.32 Å². The van der Waals surface area contributed by atoms with Crippen LogP contribution in [-0.2, 0) is 0 Å². The van der Waals surface area contributed by atoms with E-state index in [4.69, 9.17) is 11.6 Å². The molecule has 0 unspecified atom stereocenters. The first kappa shape index (κ1) is 11.7. The van der Waals surface area contributed by atoms with Gasteiger partial charge in [-0.25, -0.2) is 0 Å². The molecule has 94 valence electrons. The summed E-state index contributed by atoms with van der Waals surface area (Å²) in [6.07, 6.45) is 4.67. The van der Waals surface area contributed by atoms with Crippen molar-refractivity contribution in [2.45, 2.75) is 0 Å². The highest BCUT2D eigenvalue weighted by atomic mass is 35.5. The van der Waals surface area contributed by atoms with Crippen LogP contribution in [0.4, 0.5) is 5.69 Å². The molecule has 0 saturated heterocycles. The summed E-state index contributed by atoms with van der Waals surface area (Å²) < 4.78 is 0. The molecule has 1 amide bonds. The molecule has 0 bridgehead atoms. The van der Waals surface area contributed by atoms with Gasteiger partial charge >= 0.3 is 0 Å². The largest absolute Gasteiger partial charge is 0.322 e. The zero-order valence-electron chi connectivity index (χ0n) is 9.72. The lowest BCUT2D eigenvalue weighted by molar-refractivity contribution is 0.102. The van der Waals surface area contributed by atoms with Crippen LogP contribution in [0.1, 0.15) is 10.4 Å². The highest BCUT2D eigenvalue weighted by Crippen LogP contribution is 2.19. The Morgan fingerprint density at radius 3 is 3.00 bits per heavy atom. The molecule has 2 heterocycles. The molecule has 2 N–H and O–H groups in total. The summed E-state index contributed by atoms with van der Waals surface area (Å²) in [4.78, 5) is 15.9. The van der Waals surface area contributed by atoms with E-state index in [9.17, 15) is 4.79 Å². The van der Waals surface area contributed by atoms with E-state index in [1.54, 1.807) is 18.3 Å². The van der Waals surface area contributed by atoms with Crippen molar-refractivity contribution in [1.29, 1.82) is 0 Å². The maximum absolute atomic E-state index is 12.1. The summed E-state index contributed by atoms with van der Waals surface area (Å²) in [5.74, 6) is -0.268. The number of H-pyrrole nitrogens is 1. The first-order chi connectivity index (χ1) is 9.24. The van der Waals surface area contributed by atoms with Gasteiger partial charge in [0.05, 0.1) is 22.3 Å². The van der Waals surface area contributed by atoms with Gasteiger partial charge in [0.25, 0.3) is 5.91 Å². The van der Waals surface area contributed by atoms with Gasteiger partial charge in [0, 0.05) is 23.5 Å². The number of amides is 1. The molecule has 1 aromatic carbocycles. The lowest BCUT2D eigenvalue weighted by Crippen LogP contribution is -2.12. The minimum Gasteiger partial charge on any atom is -0.322 e. The number of anilines is 1. The normalized spacial score (nSPS) is 10.6. The summed E-state index contributed by atoms with van der Waals surface area (Å²) in [6.45, 7) is 0. The van der Waals surface area contributed by atoms with Crippen molar-refractivity contribution >= 4 is 34.1 Å². The number of hydrogen-bond acceptors (Lipinski definition) is 3. The van der Waals surface area contributed by atoms with Crippen molar-refractivity contribution < 1.29 is 4.79 Å². The van der Waals surface area contributed by atoms with Crippen molar-refractivity contribution in [1.82, 2.24) is 15.2 Å². The van der Waals surface area contributed by atoms with Gasteiger partial charge in [-0.2, -0.15) is 5.10 Å². The average molecular weight is 273 g/mol. The Balaban J connectivity index is 1.88. The van der Waals surface area contributed by atoms with E-state index in [1.807, 2.05) is 12.1 Å². The second-order valence-electron chi connectivity index (χ2n) is 3.98. The average Bonchev–Trinajstić information content (AvgIpc) is 2.86. The lowest BCUT2D eigenvalue weighted by Gasteiger charge is -2.06. The fourth-order valence-corrected chi connectivity index (χ4v) is 1.98. The second kappa shape index (κ2) is 4.70. The number of nitrogens with one attached hydrogen (secondary N) is 2. The Morgan fingerprint density at radius 2 is 2.16 bits per heavy atom. The summed E-state index contributed by atoms with van der Waals surface area (Å²) in [5, 5.41) is 10.8. The molecular weight excluding hydrogens is 264 g/mol. The number of hydrogen-bond donors (Lipinski definition) is 2. The minimum absolute atomic E-state index is 0.268. The van der Waals surface area contributed by atoms with Crippen molar-refractivity contribution in [3.8, 4) is 0 Å². The van der Waals surface area contributed by atoms with Crippen LogP contribution < -0.4 is 5.32 Å². The molecule has 5 nitrogen and oxygen atoms in total. The summed E-state index contributed by atoms with van der Waals surface area (Å²) in [5.41, 5.74) is 2.00. The molecular formula is C13H9ClN4O. The van der Waals surface area contributed by atoms with E-state index in [0.717, 1.165) is 10.9 Å². The third-order valence-corrected chi connectivity index (χ3v) is 3.02. The van der Waals surface area contributed by atoms with Gasteiger partial charge in [-0.05, 0) is 24.3 Å². The van der Waals surface area contributed by atoms with Gasteiger partial charge in [0.1, 0.15) is 0 Å². The summed E-state index contributed by atoms with van der Waals surface area (Å²) in [7, 11) is 0. The van der Waals surface area contributed by atoms with E-state index in [0.29, 0.717) is 16.3 Å². The van der Waals surface area contributed by atoms with Crippen molar-refractivity contribution in [3.05, 3.63) is 53.4 Å². The zero-order chi connectivity index (χ0) is 13.2. The van der Waals surface area contributed by atoms with Crippen LogP contribution in [0.2, 0.25) is 5.02 Å². The number of carbonyl (C=O) groups is 1. The molecule has 0 radical (unpaired) electrons. The second-order valence-corrected chi connectivity index (χ2v) is 4.39. The number of pyridine rings is 1. The van der Waals surface area contributed by atoms with Gasteiger partial charge in [-0.15, -0.1) is 0 Å². The van der Waals surface area contributed by atoms with E-state index in [-0.39, 0.29) is 5.91 Å². The van der Waals surface area contributed by atoms with Crippen LogP contribution in [0.15, 0.2) is 42.9 Å². The van der Waals surface area contributed by atoms with E-state index in [2.05, 4.69) is 20.5 Å². The highest BCUT2D eigenvalue weighted by Gasteiger charge is 2.10. The lowest BCUT2D eigenvalue weighted by atomic mass is 10.2. The fourth-order valence-electron chi connectivity index (χ4n) is 1.78. The number of rotatable bonds is 2. The zero-order valence-corrected chi connectivity index (χ0v) is 10.5. The predicted octanol–water partition coefficient (Wildman–Crippen LogP) is 2.86. The standard InChI is InChI=1S/C13H9ClN4O/c14-11-7-15-4-3-10(11)13(19)17-9-1-2-12-8(5-9)6-16-18-12/h1-7H,(H,16,18)(H,17,19). The molecule has 6 heteroatoms. The topological polar surface area (TPSA) is 70.7 Å². The van der Waals surface area contributed by atoms with E-state index in [1.165, 1.54) is 12.4 Å². The van der Waals surface area contributed by atoms with Crippen molar-refractivity contribution in [3.63, 3.8) is 0 Å². The molecule has 0 fully saturated rings. The SMILES string of the molecule is O=C(Nc1ccc2[nH]ncc2c1)c1ccncc1Cl. The van der Waals surface area contributed by atoms with Crippen LogP contribution in [0.3, 0.4) is 0 Å². The van der Waals surface area contributed by atoms with Gasteiger partial charge in [0.15, 0.2) is 0 Å². The number of aromatic nitrogens is 3. The number of nitrogens with zero attached hydrogens (tertiary/aromatic N) is 2. The Bertz CT molecular complexity index is 753. The smallest absolute Gasteiger partial charge is 0.257 e. The molecule has 0 aliphatic rings. The van der Waals surface area contributed by atoms with E-state index < -0.39 is 0 Å². The molecule has 0 atom stereocenters. The predicted molar refractivity (Wildman–Crippen MR) is 73.3 cm³/mol. The molecule has 3 aromatic rings. The molecule has 0 saturated carbocycles. The number of halogens is 1. The minimum atomic E-state index is -0.268. The van der Waals surface area contributed by atoms with Crippen LogP contribution in [0.5, 0.6) is 0 Å². The van der Waals surface area contributed by atoms with Crippen LogP contribution in [0, 0.1) is 0 Å². The Labute approximate surface area is 113 Å². The maximum atomic E-state index is 12.1. The van der Waals surface area contributed by atoms with Crippen LogP contribution in [0.25, 0.3) is 10.9 Å².